The molecule has 0 aromatic heterocycles. The summed E-state index contributed by atoms with van der Waals surface area (Å²) in [4.78, 5) is 31.2. The number of carbonyl (C=O) groups excluding carboxylic acids is 2. The number of aliphatic imine (C=N–C) groups is 1. The van der Waals surface area contributed by atoms with Crippen molar-refractivity contribution in [3.8, 4) is 5.75 Å². The van der Waals surface area contributed by atoms with Crippen molar-refractivity contribution in [1.82, 2.24) is 15.5 Å². The topological polar surface area (TPSA) is 83.0 Å². The second kappa shape index (κ2) is 9.12. The zero-order valence-corrected chi connectivity index (χ0v) is 18.6. The first-order valence-electron chi connectivity index (χ1n) is 11.1. The fraction of sp³-hybridized carbons (Fsp3) is 0.542. The highest BCUT2D eigenvalue weighted by Crippen LogP contribution is 2.52. The molecule has 2 bridgehead atoms. The summed E-state index contributed by atoms with van der Waals surface area (Å²) in [6.45, 7) is 3.89. The van der Waals surface area contributed by atoms with Crippen LogP contribution in [0.25, 0.3) is 0 Å². The lowest BCUT2D eigenvalue weighted by Crippen LogP contribution is -2.40. The number of allylic oxidation sites excluding steroid dienone is 2. The first-order chi connectivity index (χ1) is 15.0. The Kier molecular flexibility index (Phi) is 6.30. The van der Waals surface area contributed by atoms with E-state index in [4.69, 9.17) is 4.74 Å². The molecule has 4 atom stereocenters. The lowest BCUT2D eigenvalue weighted by molar-refractivity contribution is -0.140. The van der Waals surface area contributed by atoms with Crippen LogP contribution in [0.5, 0.6) is 5.75 Å². The Morgan fingerprint density at radius 2 is 1.81 bits per heavy atom. The maximum absolute atomic E-state index is 12.7. The quantitative estimate of drug-likeness (QED) is 0.219. The molecule has 2 amide bonds. The fourth-order valence-electron chi connectivity index (χ4n) is 5.19. The van der Waals surface area contributed by atoms with Gasteiger partial charge in [-0.15, -0.1) is 0 Å². The number of aryl methyl sites for hydroxylation is 1. The van der Waals surface area contributed by atoms with Crippen LogP contribution in [0.15, 0.2) is 35.3 Å². The maximum atomic E-state index is 12.7. The van der Waals surface area contributed by atoms with E-state index < -0.39 is 0 Å². The molecule has 166 valence electrons. The zero-order valence-electron chi connectivity index (χ0n) is 18.6. The number of benzene rings is 1. The molecular weight excluding hydrogens is 392 g/mol. The van der Waals surface area contributed by atoms with E-state index in [1.165, 1.54) is 10.5 Å². The predicted molar refractivity (Wildman–Crippen MR) is 120 cm³/mol. The molecule has 1 aromatic carbocycles. The first-order valence-corrected chi connectivity index (χ1v) is 11.1. The summed E-state index contributed by atoms with van der Waals surface area (Å²) in [5.41, 5.74) is 2.32. The second-order valence-corrected chi connectivity index (χ2v) is 8.66. The Hall–Kier alpha value is -2.83. The van der Waals surface area contributed by atoms with Gasteiger partial charge in [-0.2, -0.15) is 0 Å². The van der Waals surface area contributed by atoms with Gasteiger partial charge in [0.15, 0.2) is 5.96 Å². The Balaban J connectivity index is 1.18. The number of carbonyl (C=O) groups is 2. The number of likely N-dealkylation sites (tertiary alicyclic amines) is 1. The number of hydrogen-bond acceptors (Lipinski definition) is 4. The average molecular weight is 425 g/mol. The second-order valence-electron chi connectivity index (χ2n) is 8.66. The van der Waals surface area contributed by atoms with Crippen molar-refractivity contribution < 1.29 is 14.3 Å². The Labute approximate surface area is 183 Å². The molecule has 7 nitrogen and oxygen atoms in total. The lowest BCUT2D eigenvalue weighted by atomic mass is 9.85. The minimum Gasteiger partial charge on any atom is -0.496 e. The van der Waals surface area contributed by atoms with Gasteiger partial charge in [-0.1, -0.05) is 24.3 Å². The van der Waals surface area contributed by atoms with Crippen LogP contribution in [-0.2, 0) is 16.0 Å². The molecule has 2 N–H and O–H groups in total. The average Bonchev–Trinajstić information content (AvgIpc) is 3.45. The number of methoxy groups -OCH3 is 1. The molecule has 1 saturated heterocycles. The normalized spacial score (nSPS) is 26.5. The number of fused-ring (bicyclic) bond motifs is 5. The minimum atomic E-state index is -0.106. The summed E-state index contributed by atoms with van der Waals surface area (Å²) >= 11 is 0. The van der Waals surface area contributed by atoms with E-state index in [0.29, 0.717) is 19.5 Å². The maximum Gasteiger partial charge on any atom is 0.233 e. The Morgan fingerprint density at radius 1 is 1.13 bits per heavy atom. The number of nitrogens with one attached hydrogen (secondary N) is 2. The van der Waals surface area contributed by atoms with Gasteiger partial charge in [0.1, 0.15) is 5.75 Å². The summed E-state index contributed by atoms with van der Waals surface area (Å²) in [7, 11) is 3.43. The van der Waals surface area contributed by atoms with Crippen LogP contribution in [0.3, 0.4) is 0 Å². The molecule has 1 aliphatic heterocycles. The van der Waals surface area contributed by atoms with Crippen LogP contribution in [0.4, 0.5) is 0 Å². The van der Waals surface area contributed by atoms with Crippen molar-refractivity contribution >= 4 is 17.8 Å². The molecule has 4 rings (SSSR count). The number of rotatable bonds is 8. The molecule has 0 spiro atoms. The Morgan fingerprint density at radius 3 is 2.45 bits per heavy atom. The number of guanidine groups is 1. The lowest BCUT2D eigenvalue weighted by Gasteiger charge is -2.18. The number of imide groups is 1. The van der Waals surface area contributed by atoms with Crippen molar-refractivity contribution in [2.75, 3.05) is 33.8 Å². The number of amides is 2. The SMILES string of the molecule is CN=C(NCCCN1C(=O)C2C3C=CC(C3)C2C1=O)NCCc1ccc(C)c(OC)c1. The molecular formula is C24H32N4O3. The van der Waals surface area contributed by atoms with E-state index >= 15 is 0 Å². The van der Waals surface area contributed by atoms with Gasteiger partial charge >= 0.3 is 0 Å². The highest BCUT2D eigenvalue weighted by Gasteiger charge is 2.58. The van der Waals surface area contributed by atoms with Crippen LogP contribution in [0, 0.1) is 30.6 Å². The molecule has 1 saturated carbocycles. The molecule has 7 heteroatoms. The first kappa shape index (κ1) is 21.4. The summed E-state index contributed by atoms with van der Waals surface area (Å²) in [5.74, 6) is 2.01. The minimum absolute atomic E-state index is 0.0304. The molecule has 4 unspecified atom stereocenters. The fourth-order valence-corrected chi connectivity index (χ4v) is 5.19. The van der Waals surface area contributed by atoms with E-state index in [1.807, 2.05) is 6.92 Å². The highest BCUT2D eigenvalue weighted by molar-refractivity contribution is 6.06. The standard InChI is InChI=1S/C24H32N4O3/c1-15-5-6-16(13-19(15)31-3)9-11-27-24(25-2)26-10-4-12-28-22(29)20-17-7-8-18(14-17)21(20)23(28)30/h5-8,13,17-18,20-21H,4,9-12,14H2,1-3H3,(H2,25,26,27). The number of nitrogens with zero attached hydrogens (tertiary/aromatic N) is 2. The predicted octanol–water partition coefficient (Wildman–Crippen LogP) is 1.91. The van der Waals surface area contributed by atoms with Gasteiger partial charge < -0.3 is 15.4 Å². The third kappa shape index (κ3) is 4.18. The molecule has 2 fully saturated rings. The van der Waals surface area contributed by atoms with Crippen LogP contribution in [-0.4, -0.2) is 56.5 Å². The summed E-state index contributed by atoms with van der Waals surface area (Å²) < 4.78 is 5.38. The van der Waals surface area contributed by atoms with Crippen molar-refractivity contribution in [2.45, 2.75) is 26.2 Å². The van der Waals surface area contributed by atoms with Gasteiger partial charge in [0, 0.05) is 26.7 Å². The van der Waals surface area contributed by atoms with Gasteiger partial charge in [0.05, 0.1) is 18.9 Å². The van der Waals surface area contributed by atoms with Gasteiger partial charge in [0.25, 0.3) is 0 Å². The van der Waals surface area contributed by atoms with Gasteiger partial charge in [-0.05, 0) is 55.2 Å². The zero-order chi connectivity index (χ0) is 22.0. The summed E-state index contributed by atoms with van der Waals surface area (Å²) in [6.07, 6.45) is 6.79. The Bertz CT molecular complexity index is 880. The van der Waals surface area contributed by atoms with E-state index in [2.05, 4.69) is 46.0 Å². The smallest absolute Gasteiger partial charge is 0.233 e. The molecule has 2 aliphatic carbocycles. The van der Waals surface area contributed by atoms with Crippen LogP contribution in [0.1, 0.15) is 24.0 Å². The largest absolute Gasteiger partial charge is 0.496 e. The van der Waals surface area contributed by atoms with E-state index in [0.717, 1.165) is 36.7 Å². The highest BCUT2D eigenvalue weighted by atomic mass is 16.5. The van der Waals surface area contributed by atoms with Crippen molar-refractivity contribution in [3.63, 3.8) is 0 Å². The molecule has 1 aromatic rings. The van der Waals surface area contributed by atoms with E-state index in [1.54, 1.807) is 14.2 Å². The van der Waals surface area contributed by atoms with Crippen LogP contribution >= 0.6 is 0 Å². The van der Waals surface area contributed by atoms with Gasteiger partial charge in [-0.25, -0.2) is 0 Å². The van der Waals surface area contributed by atoms with Gasteiger partial charge in [-0.3, -0.25) is 19.5 Å². The monoisotopic (exact) mass is 424 g/mol. The van der Waals surface area contributed by atoms with Crippen molar-refractivity contribution in [2.24, 2.45) is 28.7 Å². The molecule has 31 heavy (non-hydrogen) atoms. The molecule has 0 radical (unpaired) electrons. The van der Waals surface area contributed by atoms with Crippen molar-refractivity contribution in [3.05, 3.63) is 41.5 Å². The summed E-state index contributed by atoms with van der Waals surface area (Å²) in [6, 6.07) is 6.24. The third-order valence-corrected chi connectivity index (χ3v) is 6.81. The van der Waals surface area contributed by atoms with Gasteiger partial charge in [0.2, 0.25) is 11.8 Å². The van der Waals surface area contributed by atoms with E-state index in [9.17, 15) is 9.59 Å². The summed E-state index contributed by atoms with van der Waals surface area (Å²) in [5, 5.41) is 6.58. The molecule has 3 aliphatic rings. The third-order valence-electron chi connectivity index (χ3n) is 6.81. The van der Waals surface area contributed by atoms with Crippen LogP contribution < -0.4 is 15.4 Å². The molecule has 1 heterocycles. The number of ether oxygens (including phenoxy) is 1. The van der Waals surface area contributed by atoms with Crippen LogP contribution in [0.2, 0.25) is 0 Å². The number of hydrogen-bond donors (Lipinski definition) is 2. The van der Waals surface area contributed by atoms with E-state index in [-0.39, 0.29) is 35.5 Å². The van der Waals surface area contributed by atoms with Crippen molar-refractivity contribution in [1.29, 1.82) is 0 Å².